The number of rotatable bonds is 1. The quantitative estimate of drug-likeness (QED) is 0.620. The van der Waals surface area contributed by atoms with E-state index in [2.05, 4.69) is 6.58 Å². The normalized spacial score (nSPS) is 24.7. The molecular weight excluding hydrogens is 140 g/mol. The first-order chi connectivity index (χ1) is 5.04. The first-order valence-electron chi connectivity index (χ1n) is 3.71. The third-order valence-corrected chi connectivity index (χ3v) is 1.87. The topological polar surface area (TPSA) is 36.3 Å². The van der Waals surface area contributed by atoms with Gasteiger partial charge in [-0.15, -0.1) is 0 Å². The molecule has 0 radical (unpaired) electrons. The van der Waals surface area contributed by atoms with Gasteiger partial charge in [0.2, 0.25) is 0 Å². The highest BCUT2D eigenvalue weighted by Gasteiger charge is 2.32. The van der Waals surface area contributed by atoms with E-state index >= 15 is 0 Å². The maximum Gasteiger partial charge on any atom is 0.187 e. The molecule has 1 heterocycles. The molecule has 1 aliphatic heterocycles. The molecule has 62 valence electrons. The van der Waals surface area contributed by atoms with Crippen LogP contribution in [0, 0.1) is 11.3 Å². The lowest BCUT2D eigenvalue weighted by molar-refractivity contribution is 0.139. The van der Waals surface area contributed by atoms with Crippen LogP contribution in [0.4, 0.5) is 0 Å². The van der Waals surface area contributed by atoms with Gasteiger partial charge in [0.05, 0.1) is 0 Å². The van der Waals surface area contributed by atoms with E-state index in [0.717, 1.165) is 0 Å². The predicted molar refractivity (Wildman–Crippen MR) is 44.3 cm³/mol. The van der Waals surface area contributed by atoms with Gasteiger partial charge >= 0.3 is 0 Å². The van der Waals surface area contributed by atoms with Crippen molar-refractivity contribution in [2.24, 2.45) is 5.92 Å². The van der Waals surface area contributed by atoms with Crippen LogP contribution in [-0.4, -0.2) is 23.9 Å². The lowest BCUT2D eigenvalue weighted by Crippen LogP contribution is -2.28. The Kier molecular flexibility index (Phi) is 1.89. The van der Waals surface area contributed by atoms with Crippen LogP contribution in [0.15, 0.2) is 12.5 Å². The van der Waals surface area contributed by atoms with Gasteiger partial charge in [-0.3, -0.25) is 5.41 Å². The lowest BCUT2D eigenvalue weighted by Gasteiger charge is -2.12. The Morgan fingerprint density at radius 2 is 2.18 bits per heavy atom. The summed E-state index contributed by atoms with van der Waals surface area (Å²) >= 11 is 0. The second-order valence-corrected chi connectivity index (χ2v) is 3.12. The summed E-state index contributed by atoms with van der Waals surface area (Å²) in [6, 6.07) is 0. The van der Waals surface area contributed by atoms with Gasteiger partial charge in [0, 0.05) is 7.05 Å². The molecule has 1 unspecified atom stereocenters. The van der Waals surface area contributed by atoms with Crippen molar-refractivity contribution in [2.75, 3.05) is 7.05 Å². The van der Waals surface area contributed by atoms with E-state index in [0.29, 0.717) is 17.6 Å². The van der Waals surface area contributed by atoms with Gasteiger partial charge in [0.15, 0.2) is 12.0 Å². The van der Waals surface area contributed by atoms with Crippen LogP contribution >= 0.6 is 0 Å². The zero-order valence-corrected chi connectivity index (χ0v) is 7.22. The molecule has 1 saturated heterocycles. The average Bonchev–Trinajstić information content (AvgIpc) is 2.17. The number of nitrogens with one attached hydrogen (secondary N) is 1. The maximum atomic E-state index is 7.61. The number of ether oxygens (including phenoxy) is 1. The fourth-order valence-electron chi connectivity index (χ4n) is 1.06. The van der Waals surface area contributed by atoms with E-state index in [-0.39, 0.29) is 6.10 Å². The van der Waals surface area contributed by atoms with Crippen LogP contribution in [-0.2, 0) is 4.74 Å². The monoisotopic (exact) mass is 154 g/mol. The highest BCUT2D eigenvalue weighted by atomic mass is 16.5. The molecule has 0 aromatic carbocycles. The maximum absolute atomic E-state index is 7.61. The minimum atomic E-state index is -0.104. The summed E-state index contributed by atoms with van der Waals surface area (Å²) in [5, 5.41) is 7.61. The van der Waals surface area contributed by atoms with Crippen LogP contribution in [0.2, 0.25) is 0 Å². The summed E-state index contributed by atoms with van der Waals surface area (Å²) < 4.78 is 5.35. The van der Waals surface area contributed by atoms with Gasteiger partial charge in [0.25, 0.3) is 0 Å². The SMILES string of the molecule is C=C1OC(C(C)C)C(=N)N1C. The van der Waals surface area contributed by atoms with E-state index in [1.54, 1.807) is 11.9 Å². The molecule has 0 bridgehead atoms. The van der Waals surface area contributed by atoms with Crippen molar-refractivity contribution < 1.29 is 4.74 Å². The van der Waals surface area contributed by atoms with Crippen LogP contribution in [0.25, 0.3) is 0 Å². The van der Waals surface area contributed by atoms with Crippen LogP contribution in [0.1, 0.15) is 13.8 Å². The summed E-state index contributed by atoms with van der Waals surface area (Å²) in [6.45, 7) is 7.75. The van der Waals surface area contributed by atoms with Crippen LogP contribution in [0.5, 0.6) is 0 Å². The molecule has 0 saturated carbocycles. The molecule has 1 fully saturated rings. The first-order valence-corrected chi connectivity index (χ1v) is 3.71. The Balaban J connectivity index is 2.75. The van der Waals surface area contributed by atoms with Crippen LogP contribution in [0.3, 0.4) is 0 Å². The van der Waals surface area contributed by atoms with Crippen molar-refractivity contribution in [3.05, 3.63) is 12.5 Å². The molecule has 0 amide bonds. The van der Waals surface area contributed by atoms with Gasteiger partial charge in [-0.1, -0.05) is 13.8 Å². The lowest BCUT2D eigenvalue weighted by atomic mass is 10.1. The van der Waals surface area contributed by atoms with E-state index in [1.165, 1.54) is 0 Å². The third-order valence-electron chi connectivity index (χ3n) is 1.87. The van der Waals surface area contributed by atoms with Crippen molar-refractivity contribution in [3.63, 3.8) is 0 Å². The number of nitrogens with zero attached hydrogens (tertiary/aromatic N) is 1. The summed E-state index contributed by atoms with van der Waals surface area (Å²) in [7, 11) is 1.80. The summed E-state index contributed by atoms with van der Waals surface area (Å²) in [5.74, 6) is 1.42. The van der Waals surface area contributed by atoms with Crippen molar-refractivity contribution in [2.45, 2.75) is 20.0 Å². The Morgan fingerprint density at radius 3 is 2.36 bits per heavy atom. The Hall–Kier alpha value is -0.990. The molecule has 0 spiro atoms. The zero-order chi connectivity index (χ0) is 8.59. The molecule has 1 atom stereocenters. The molecule has 3 heteroatoms. The number of likely N-dealkylation sites (N-methyl/N-ethyl adjacent to an activating group) is 1. The molecule has 1 aliphatic rings. The smallest absolute Gasteiger partial charge is 0.187 e. The average molecular weight is 154 g/mol. The summed E-state index contributed by atoms with van der Waals surface area (Å²) in [4.78, 5) is 1.67. The first kappa shape index (κ1) is 8.11. The predicted octanol–water partition coefficient (Wildman–Crippen LogP) is 1.42. The van der Waals surface area contributed by atoms with Crippen LogP contribution < -0.4 is 0 Å². The van der Waals surface area contributed by atoms with Gasteiger partial charge in [-0.2, -0.15) is 0 Å². The van der Waals surface area contributed by atoms with E-state index in [1.807, 2.05) is 13.8 Å². The highest BCUT2D eigenvalue weighted by molar-refractivity contribution is 5.87. The molecule has 3 nitrogen and oxygen atoms in total. The van der Waals surface area contributed by atoms with Gasteiger partial charge < -0.3 is 9.64 Å². The fourth-order valence-corrected chi connectivity index (χ4v) is 1.06. The third kappa shape index (κ3) is 1.23. The molecule has 1 rings (SSSR count). The van der Waals surface area contributed by atoms with Gasteiger partial charge in [-0.05, 0) is 12.5 Å². The second kappa shape index (κ2) is 2.57. The van der Waals surface area contributed by atoms with E-state index in [4.69, 9.17) is 10.1 Å². The van der Waals surface area contributed by atoms with Gasteiger partial charge in [0.1, 0.15) is 5.84 Å². The van der Waals surface area contributed by atoms with Gasteiger partial charge in [-0.25, -0.2) is 0 Å². The molecule has 0 aliphatic carbocycles. The summed E-state index contributed by atoms with van der Waals surface area (Å²) in [6.07, 6.45) is -0.104. The number of hydrogen-bond acceptors (Lipinski definition) is 2. The molecule has 0 aromatic rings. The minimum Gasteiger partial charge on any atom is -0.468 e. The van der Waals surface area contributed by atoms with Crippen molar-refractivity contribution in [1.82, 2.24) is 4.90 Å². The highest BCUT2D eigenvalue weighted by Crippen LogP contribution is 2.22. The zero-order valence-electron chi connectivity index (χ0n) is 7.22. The largest absolute Gasteiger partial charge is 0.468 e. The standard InChI is InChI=1S/C8H14N2O/c1-5(2)7-8(9)10(4)6(3)11-7/h5,7,9H,3H2,1-2,4H3. The summed E-state index contributed by atoms with van der Waals surface area (Å²) in [5.41, 5.74) is 0. The van der Waals surface area contributed by atoms with Crippen molar-refractivity contribution in [3.8, 4) is 0 Å². The van der Waals surface area contributed by atoms with Crippen molar-refractivity contribution >= 4 is 5.84 Å². The number of hydrogen-bond donors (Lipinski definition) is 1. The number of amidine groups is 1. The Bertz CT molecular complexity index is 198. The molecular formula is C8H14N2O. The van der Waals surface area contributed by atoms with E-state index in [9.17, 15) is 0 Å². The molecule has 11 heavy (non-hydrogen) atoms. The second-order valence-electron chi connectivity index (χ2n) is 3.12. The fraction of sp³-hybridized carbons (Fsp3) is 0.625. The minimum absolute atomic E-state index is 0.104. The Labute approximate surface area is 67.2 Å². The Morgan fingerprint density at radius 1 is 1.64 bits per heavy atom. The van der Waals surface area contributed by atoms with Crippen molar-refractivity contribution in [1.29, 1.82) is 5.41 Å². The van der Waals surface area contributed by atoms with E-state index < -0.39 is 0 Å². The molecule has 0 aromatic heterocycles. The molecule has 1 N–H and O–H groups in total.